The van der Waals surface area contributed by atoms with Crippen molar-refractivity contribution in [2.75, 3.05) is 24.5 Å². The molecule has 20 heavy (non-hydrogen) atoms. The summed E-state index contributed by atoms with van der Waals surface area (Å²) in [5.74, 6) is -0.791. The minimum Gasteiger partial charge on any atom is -0.359 e. The van der Waals surface area contributed by atoms with Gasteiger partial charge < -0.3 is 10.2 Å². The van der Waals surface area contributed by atoms with Gasteiger partial charge in [0.05, 0.1) is 11.7 Å². The standard InChI is InChI=1S/C16H16F2N2/c17-13-6-7-14(18)15(10-13)20-9-8-19-11-16(20)12-4-2-1-3-5-12/h1-7,10,16,19H,8-9,11H2. The van der Waals surface area contributed by atoms with E-state index in [1.54, 1.807) is 0 Å². The van der Waals surface area contributed by atoms with E-state index in [1.807, 2.05) is 35.2 Å². The molecular formula is C16H16F2N2. The fourth-order valence-corrected chi connectivity index (χ4v) is 2.67. The molecule has 2 aromatic carbocycles. The lowest BCUT2D eigenvalue weighted by Gasteiger charge is -2.38. The van der Waals surface area contributed by atoms with Crippen LogP contribution < -0.4 is 10.2 Å². The molecule has 1 N–H and O–H groups in total. The van der Waals surface area contributed by atoms with Crippen molar-refractivity contribution in [1.82, 2.24) is 5.32 Å². The second-order valence-corrected chi connectivity index (χ2v) is 4.92. The van der Waals surface area contributed by atoms with Crippen LogP contribution in [0.2, 0.25) is 0 Å². The average molecular weight is 274 g/mol. The van der Waals surface area contributed by atoms with Gasteiger partial charge in [0.25, 0.3) is 0 Å². The van der Waals surface area contributed by atoms with Gasteiger partial charge in [-0.2, -0.15) is 0 Å². The van der Waals surface area contributed by atoms with Gasteiger partial charge in [-0.25, -0.2) is 8.78 Å². The summed E-state index contributed by atoms with van der Waals surface area (Å²) in [4.78, 5) is 1.93. The molecule has 2 nitrogen and oxygen atoms in total. The van der Waals surface area contributed by atoms with E-state index in [-0.39, 0.29) is 11.9 Å². The summed E-state index contributed by atoms with van der Waals surface area (Å²) in [5.41, 5.74) is 1.43. The first-order valence-electron chi connectivity index (χ1n) is 6.73. The van der Waals surface area contributed by atoms with E-state index >= 15 is 0 Å². The van der Waals surface area contributed by atoms with Crippen LogP contribution in [-0.2, 0) is 0 Å². The van der Waals surface area contributed by atoms with Crippen molar-refractivity contribution in [2.45, 2.75) is 6.04 Å². The van der Waals surface area contributed by atoms with Crippen molar-refractivity contribution in [3.63, 3.8) is 0 Å². The Morgan fingerprint density at radius 2 is 1.85 bits per heavy atom. The van der Waals surface area contributed by atoms with Crippen LogP contribution in [0.4, 0.5) is 14.5 Å². The van der Waals surface area contributed by atoms with Gasteiger partial charge in [-0.1, -0.05) is 30.3 Å². The molecule has 1 fully saturated rings. The highest BCUT2D eigenvalue weighted by molar-refractivity contribution is 5.51. The fraction of sp³-hybridized carbons (Fsp3) is 0.250. The monoisotopic (exact) mass is 274 g/mol. The van der Waals surface area contributed by atoms with Gasteiger partial charge >= 0.3 is 0 Å². The number of piperazine rings is 1. The molecule has 1 heterocycles. The first-order valence-corrected chi connectivity index (χ1v) is 6.73. The quantitative estimate of drug-likeness (QED) is 0.905. The third kappa shape index (κ3) is 2.51. The minimum atomic E-state index is -0.410. The van der Waals surface area contributed by atoms with Crippen LogP contribution in [0.15, 0.2) is 48.5 Å². The summed E-state index contributed by atoms with van der Waals surface area (Å²) < 4.78 is 27.4. The zero-order chi connectivity index (χ0) is 13.9. The van der Waals surface area contributed by atoms with E-state index in [4.69, 9.17) is 0 Å². The van der Waals surface area contributed by atoms with E-state index in [2.05, 4.69) is 5.32 Å². The van der Waals surface area contributed by atoms with E-state index in [1.165, 1.54) is 12.1 Å². The van der Waals surface area contributed by atoms with Crippen molar-refractivity contribution in [3.05, 3.63) is 65.7 Å². The molecule has 1 saturated heterocycles. The van der Waals surface area contributed by atoms with Crippen molar-refractivity contribution >= 4 is 5.69 Å². The Kier molecular flexibility index (Phi) is 3.65. The molecule has 1 atom stereocenters. The molecular weight excluding hydrogens is 258 g/mol. The highest BCUT2D eigenvalue weighted by atomic mass is 19.1. The third-order valence-corrected chi connectivity index (χ3v) is 3.65. The molecule has 0 aliphatic carbocycles. The molecule has 1 aliphatic rings. The Bertz CT molecular complexity index is 586. The first-order chi connectivity index (χ1) is 9.75. The van der Waals surface area contributed by atoms with E-state index in [9.17, 15) is 8.78 Å². The maximum absolute atomic E-state index is 14.0. The van der Waals surface area contributed by atoms with Gasteiger partial charge in [-0.15, -0.1) is 0 Å². The number of benzene rings is 2. The maximum atomic E-state index is 14.0. The fourth-order valence-electron chi connectivity index (χ4n) is 2.67. The molecule has 0 radical (unpaired) electrons. The lowest BCUT2D eigenvalue weighted by molar-refractivity contribution is 0.478. The zero-order valence-corrected chi connectivity index (χ0v) is 11.0. The molecule has 0 saturated carbocycles. The molecule has 0 aromatic heterocycles. The number of hydrogen-bond acceptors (Lipinski definition) is 2. The van der Waals surface area contributed by atoms with E-state index < -0.39 is 5.82 Å². The van der Waals surface area contributed by atoms with Crippen LogP contribution in [-0.4, -0.2) is 19.6 Å². The van der Waals surface area contributed by atoms with Crippen LogP contribution in [0.3, 0.4) is 0 Å². The molecule has 1 aliphatic heterocycles. The Morgan fingerprint density at radius 3 is 2.65 bits per heavy atom. The van der Waals surface area contributed by atoms with Gasteiger partial charge in [0.15, 0.2) is 0 Å². The van der Waals surface area contributed by atoms with Gasteiger partial charge in [-0.05, 0) is 17.7 Å². The summed E-state index contributed by atoms with van der Waals surface area (Å²) in [6.07, 6.45) is 0. The molecule has 0 amide bonds. The lowest BCUT2D eigenvalue weighted by atomic mass is 10.0. The Hall–Kier alpha value is -1.94. The number of rotatable bonds is 2. The van der Waals surface area contributed by atoms with E-state index in [0.29, 0.717) is 12.2 Å². The SMILES string of the molecule is Fc1ccc(F)c(N2CCNCC2c2ccccc2)c1. The topological polar surface area (TPSA) is 15.3 Å². The number of hydrogen-bond donors (Lipinski definition) is 1. The third-order valence-electron chi connectivity index (χ3n) is 3.65. The van der Waals surface area contributed by atoms with Crippen LogP contribution in [0.25, 0.3) is 0 Å². The summed E-state index contributed by atoms with van der Waals surface area (Å²) in [6, 6.07) is 13.5. The largest absolute Gasteiger partial charge is 0.359 e. The highest BCUT2D eigenvalue weighted by Gasteiger charge is 2.26. The first kappa shape index (κ1) is 13.1. The van der Waals surface area contributed by atoms with E-state index in [0.717, 1.165) is 24.7 Å². The Labute approximate surface area is 117 Å². The lowest BCUT2D eigenvalue weighted by Crippen LogP contribution is -2.46. The highest BCUT2D eigenvalue weighted by Crippen LogP contribution is 2.30. The van der Waals surface area contributed by atoms with Gasteiger partial charge in [0.2, 0.25) is 0 Å². The summed E-state index contributed by atoms with van der Waals surface area (Å²) in [5, 5.41) is 3.31. The molecule has 0 bridgehead atoms. The van der Waals surface area contributed by atoms with Crippen LogP contribution in [0.5, 0.6) is 0 Å². The molecule has 4 heteroatoms. The molecule has 104 valence electrons. The number of anilines is 1. The molecule has 2 aromatic rings. The predicted molar refractivity (Wildman–Crippen MR) is 75.8 cm³/mol. The number of nitrogens with zero attached hydrogens (tertiary/aromatic N) is 1. The smallest absolute Gasteiger partial charge is 0.146 e. The average Bonchev–Trinajstić information content (AvgIpc) is 2.51. The van der Waals surface area contributed by atoms with Crippen LogP contribution >= 0.6 is 0 Å². The Morgan fingerprint density at radius 1 is 1.05 bits per heavy atom. The number of halogens is 2. The van der Waals surface area contributed by atoms with Gasteiger partial charge in [0, 0.05) is 25.7 Å². The van der Waals surface area contributed by atoms with Crippen LogP contribution in [0.1, 0.15) is 11.6 Å². The van der Waals surface area contributed by atoms with Gasteiger partial charge in [-0.3, -0.25) is 0 Å². The second kappa shape index (κ2) is 5.59. The second-order valence-electron chi connectivity index (χ2n) is 4.92. The molecule has 0 spiro atoms. The van der Waals surface area contributed by atoms with Crippen molar-refractivity contribution in [2.24, 2.45) is 0 Å². The Balaban J connectivity index is 1.99. The maximum Gasteiger partial charge on any atom is 0.146 e. The molecule has 3 rings (SSSR count). The zero-order valence-electron chi connectivity index (χ0n) is 11.0. The van der Waals surface area contributed by atoms with Crippen molar-refractivity contribution in [1.29, 1.82) is 0 Å². The summed E-state index contributed by atoms with van der Waals surface area (Å²) in [6.45, 7) is 2.14. The van der Waals surface area contributed by atoms with Gasteiger partial charge in [0.1, 0.15) is 11.6 Å². The molecule has 1 unspecified atom stereocenters. The van der Waals surface area contributed by atoms with Crippen LogP contribution in [0, 0.1) is 11.6 Å². The summed E-state index contributed by atoms with van der Waals surface area (Å²) >= 11 is 0. The van der Waals surface area contributed by atoms with Crippen molar-refractivity contribution in [3.8, 4) is 0 Å². The predicted octanol–water partition coefficient (Wildman–Crippen LogP) is 3.12. The normalized spacial score (nSPS) is 19.1. The number of nitrogens with one attached hydrogen (secondary N) is 1. The minimum absolute atomic E-state index is 0.0150. The van der Waals surface area contributed by atoms with Crippen molar-refractivity contribution < 1.29 is 8.78 Å². The summed E-state index contributed by atoms with van der Waals surface area (Å²) in [7, 11) is 0.